The zero-order chi connectivity index (χ0) is 30.4. The minimum absolute atomic E-state index is 0.169. The average molecular weight is 696 g/mol. The van der Waals surface area contributed by atoms with Crippen LogP contribution in [0, 0.1) is 0 Å². The van der Waals surface area contributed by atoms with Crippen molar-refractivity contribution in [2.24, 2.45) is 0 Å². The van der Waals surface area contributed by atoms with Crippen LogP contribution < -0.4 is 0 Å². The second kappa shape index (κ2) is 14.2. The molecule has 0 aromatic heterocycles. The van der Waals surface area contributed by atoms with Crippen molar-refractivity contribution < 1.29 is 19.7 Å². The molecule has 4 nitrogen and oxygen atoms in total. The first-order valence-electron chi connectivity index (χ1n) is 12.0. The van der Waals surface area contributed by atoms with E-state index in [1.54, 1.807) is 104 Å². The number of hydrogen-bond donors (Lipinski definition) is 2. The molecule has 0 atom stereocenters. The number of hydrogen-bond acceptors (Lipinski definition) is 4. The van der Waals surface area contributed by atoms with E-state index in [4.69, 9.17) is 85.9 Å². The van der Waals surface area contributed by atoms with Crippen LogP contribution in [0.15, 0.2) is 97.1 Å². The molecule has 0 aliphatic carbocycles. The van der Waals surface area contributed by atoms with Crippen molar-refractivity contribution in [3.8, 4) is 0 Å². The summed E-state index contributed by atoms with van der Waals surface area (Å²) in [5, 5.41) is 24.0. The Hall–Kier alpha value is -1.70. The Kier molecular flexibility index (Phi) is 11.7. The van der Waals surface area contributed by atoms with Crippen molar-refractivity contribution in [3.63, 3.8) is 0 Å². The van der Waals surface area contributed by atoms with Crippen LogP contribution in [-0.4, -0.2) is 26.6 Å². The van der Waals surface area contributed by atoms with Gasteiger partial charge in [0, 0.05) is 20.1 Å². The summed E-state index contributed by atoms with van der Waals surface area (Å²) in [5.74, 6) is -0.741. The van der Waals surface area contributed by atoms with Crippen LogP contribution >= 0.6 is 81.2 Å². The minimum atomic E-state index is -1.96. The summed E-state index contributed by atoms with van der Waals surface area (Å²) in [4.78, 5) is 12.3. The Bertz CT molecular complexity index is 1340. The van der Waals surface area contributed by atoms with Gasteiger partial charge in [-0.1, -0.05) is 130 Å². The number of ether oxygens (including phenoxy) is 1. The molecule has 0 aliphatic rings. The quantitative estimate of drug-likeness (QED) is 0.156. The summed E-state index contributed by atoms with van der Waals surface area (Å²) in [6, 6.07) is 25.7. The predicted molar refractivity (Wildman–Crippen MR) is 169 cm³/mol. The standard InChI is InChI=1S/C16H14Cl2O3.C14H9Cl5O/c1-2-21-15(19)16(20,11-3-7-13(17)8-4-11)12-5-9-14(18)10-6-12;15-11-5-1-9(2-6-11)13(20,14(17,18)19)10-3-7-12(16)8-4-10/h3-10,20H,2H2,1H3;1-8,20H. The Balaban J connectivity index is 0.000000226. The van der Waals surface area contributed by atoms with Crippen LogP contribution in [0.25, 0.3) is 0 Å². The Morgan fingerprint density at radius 2 is 0.854 bits per heavy atom. The number of alkyl halides is 3. The fourth-order valence-corrected chi connectivity index (χ4v) is 5.05. The SMILES string of the molecule is CCOC(=O)C(O)(c1ccc(Cl)cc1)c1ccc(Cl)cc1.OC(c1ccc(Cl)cc1)(c1ccc(Cl)cc1)C(Cl)(Cl)Cl. The van der Waals surface area contributed by atoms with Crippen LogP contribution in [0.1, 0.15) is 29.2 Å². The van der Waals surface area contributed by atoms with Crippen LogP contribution in [0.5, 0.6) is 0 Å². The minimum Gasteiger partial charge on any atom is -0.463 e. The van der Waals surface area contributed by atoms with E-state index in [1.807, 2.05) is 0 Å². The zero-order valence-electron chi connectivity index (χ0n) is 21.3. The summed E-state index contributed by atoms with van der Waals surface area (Å²) in [6.07, 6.45) is 0. The van der Waals surface area contributed by atoms with E-state index in [0.29, 0.717) is 42.3 Å². The smallest absolute Gasteiger partial charge is 0.347 e. The van der Waals surface area contributed by atoms with E-state index in [1.165, 1.54) is 0 Å². The topological polar surface area (TPSA) is 66.8 Å². The highest BCUT2D eigenvalue weighted by Gasteiger charge is 2.50. The third-order valence-electron chi connectivity index (χ3n) is 6.03. The molecule has 41 heavy (non-hydrogen) atoms. The highest BCUT2D eigenvalue weighted by Crippen LogP contribution is 2.49. The van der Waals surface area contributed by atoms with Gasteiger partial charge in [0.15, 0.2) is 5.60 Å². The van der Waals surface area contributed by atoms with Gasteiger partial charge in [0.05, 0.1) is 6.61 Å². The van der Waals surface area contributed by atoms with Crippen molar-refractivity contribution in [2.45, 2.75) is 21.9 Å². The van der Waals surface area contributed by atoms with Gasteiger partial charge < -0.3 is 14.9 Å². The number of esters is 1. The van der Waals surface area contributed by atoms with Gasteiger partial charge in [-0.15, -0.1) is 0 Å². The number of carbonyl (C=O) groups is 1. The van der Waals surface area contributed by atoms with Gasteiger partial charge in [-0.25, -0.2) is 4.79 Å². The van der Waals surface area contributed by atoms with Gasteiger partial charge in [-0.05, 0) is 77.7 Å². The number of aliphatic hydroxyl groups is 2. The number of benzene rings is 4. The summed E-state index contributed by atoms with van der Waals surface area (Å²) < 4.78 is 3.06. The number of halogens is 7. The lowest BCUT2D eigenvalue weighted by atomic mass is 9.86. The van der Waals surface area contributed by atoms with Crippen molar-refractivity contribution in [1.82, 2.24) is 0 Å². The van der Waals surface area contributed by atoms with Gasteiger partial charge >= 0.3 is 5.97 Å². The van der Waals surface area contributed by atoms with E-state index in [-0.39, 0.29) is 6.61 Å². The summed E-state index contributed by atoms with van der Waals surface area (Å²) in [7, 11) is 0. The van der Waals surface area contributed by atoms with Crippen molar-refractivity contribution >= 4 is 87.2 Å². The van der Waals surface area contributed by atoms with E-state index >= 15 is 0 Å². The lowest BCUT2D eigenvalue weighted by Gasteiger charge is -2.35. The summed E-state index contributed by atoms with van der Waals surface area (Å²) in [5.41, 5.74) is -2.10. The molecule has 4 aromatic rings. The molecule has 0 unspecified atom stereocenters. The fraction of sp³-hybridized carbons (Fsp3) is 0.167. The first-order chi connectivity index (χ1) is 19.2. The molecular weight excluding hydrogens is 672 g/mol. The Morgan fingerprint density at radius 1 is 0.585 bits per heavy atom. The lowest BCUT2D eigenvalue weighted by Crippen LogP contribution is -2.41. The second-order valence-corrected chi connectivity index (χ2v) is 12.7. The van der Waals surface area contributed by atoms with Gasteiger partial charge in [0.25, 0.3) is 0 Å². The van der Waals surface area contributed by atoms with Crippen molar-refractivity contribution in [1.29, 1.82) is 0 Å². The Labute approximate surface area is 273 Å². The molecular formula is C30H23Cl7O4. The molecule has 4 rings (SSSR count). The maximum Gasteiger partial charge on any atom is 0.347 e. The van der Waals surface area contributed by atoms with Gasteiger partial charge in [0.2, 0.25) is 9.39 Å². The van der Waals surface area contributed by atoms with Crippen LogP contribution in [-0.2, 0) is 20.7 Å². The molecule has 0 radical (unpaired) electrons. The molecule has 0 aliphatic heterocycles. The molecule has 0 heterocycles. The highest BCUT2D eigenvalue weighted by atomic mass is 35.6. The molecule has 216 valence electrons. The van der Waals surface area contributed by atoms with E-state index in [9.17, 15) is 15.0 Å². The van der Waals surface area contributed by atoms with E-state index < -0.39 is 21.0 Å². The number of rotatable bonds is 6. The fourth-order valence-electron chi connectivity index (χ4n) is 3.90. The molecule has 0 saturated carbocycles. The average Bonchev–Trinajstić information content (AvgIpc) is 2.93. The summed E-state index contributed by atoms with van der Waals surface area (Å²) in [6.45, 7) is 1.85. The van der Waals surface area contributed by atoms with Crippen LogP contribution in [0.4, 0.5) is 0 Å². The molecule has 2 N–H and O–H groups in total. The molecule has 0 saturated heterocycles. The molecule has 0 amide bonds. The van der Waals surface area contributed by atoms with Gasteiger partial charge in [0.1, 0.15) is 0 Å². The molecule has 0 fully saturated rings. The van der Waals surface area contributed by atoms with Crippen molar-refractivity contribution in [3.05, 3.63) is 139 Å². The lowest BCUT2D eigenvalue weighted by molar-refractivity contribution is -0.161. The monoisotopic (exact) mass is 692 g/mol. The van der Waals surface area contributed by atoms with Gasteiger partial charge in [-0.3, -0.25) is 0 Å². The molecule has 4 aromatic carbocycles. The first-order valence-corrected chi connectivity index (χ1v) is 14.6. The second-order valence-electron chi connectivity index (χ2n) is 8.67. The van der Waals surface area contributed by atoms with Crippen LogP contribution in [0.2, 0.25) is 20.1 Å². The van der Waals surface area contributed by atoms with Crippen LogP contribution in [0.3, 0.4) is 0 Å². The first kappa shape index (κ1) is 33.8. The third kappa shape index (κ3) is 7.83. The molecule has 0 spiro atoms. The third-order valence-corrected chi connectivity index (χ3v) is 7.86. The predicted octanol–water partition coefficient (Wildman–Crippen LogP) is 9.39. The summed E-state index contributed by atoms with van der Waals surface area (Å²) >= 11 is 41.4. The zero-order valence-corrected chi connectivity index (χ0v) is 26.6. The maximum absolute atomic E-state index is 12.3. The molecule has 0 bridgehead atoms. The number of carbonyl (C=O) groups excluding carboxylic acids is 1. The van der Waals surface area contributed by atoms with E-state index in [0.717, 1.165) is 0 Å². The normalized spacial score (nSPS) is 11.9. The van der Waals surface area contributed by atoms with Gasteiger partial charge in [-0.2, -0.15) is 0 Å². The molecule has 11 heteroatoms. The highest BCUT2D eigenvalue weighted by molar-refractivity contribution is 6.68. The van der Waals surface area contributed by atoms with Crippen molar-refractivity contribution in [2.75, 3.05) is 6.61 Å². The largest absolute Gasteiger partial charge is 0.463 e. The maximum atomic E-state index is 12.3. The van der Waals surface area contributed by atoms with E-state index in [2.05, 4.69) is 0 Å². The Morgan fingerprint density at radius 3 is 1.10 bits per heavy atom.